The Kier molecular flexibility index (Phi) is 1.65. The Morgan fingerprint density at radius 1 is 1.27 bits per heavy atom. The third-order valence-electron chi connectivity index (χ3n) is 2.66. The molecule has 0 atom stereocenters. The van der Waals surface area contributed by atoms with Gasteiger partial charge in [0, 0.05) is 5.92 Å². The predicted octanol–water partition coefficient (Wildman–Crippen LogP) is 2.23. The largest absolute Gasteiger partial charge is 0.383 e. The van der Waals surface area contributed by atoms with Gasteiger partial charge in [-0.2, -0.15) is 0 Å². The van der Waals surface area contributed by atoms with Crippen LogP contribution in [0, 0.1) is 5.82 Å². The number of aromatic nitrogens is 2. The molecule has 3 rings (SSSR count). The van der Waals surface area contributed by atoms with Crippen molar-refractivity contribution in [2.45, 2.75) is 18.8 Å². The summed E-state index contributed by atoms with van der Waals surface area (Å²) in [4.78, 5) is 8.48. The van der Waals surface area contributed by atoms with Crippen LogP contribution in [0.25, 0.3) is 10.9 Å². The average Bonchev–Trinajstić information content (AvgIpc) is 3.00. The van der Waals surface area contributed by atoms with E-state index in [-0.39, 0.29) is 11.6 Å². The number of halogens is 1. The first kappa shape index (κ1) is 8.59. The van der Waals surface area contributed by atoms with Gasteiger partial charge in [0.15, 0.2) is 0 Å². The summed E-state index contributed by atoms with van der Waals surface area (Å²) in [7, 11) is 0. The molecule has 0 aliphatic heterocycles. The number of anilines is 1. The maximum absolute atomic E-state index is 13.4. The highest BCUT2D eigenvalue weighted by atomic mass is 19.1. The second kappa shape index (κ2) is 2.89. The molecule has 1 aliphatic carbocycles. The van der Waals surface area contributed by atoms with E-state index in [0.717, 1.165) is 18.7 Å². The number of nitrogens with zero attached hydrogens (tertiary/aromatic N) is 2. The van der Waals surface area contributed by atoms with Gasteiger partial charge in [-0.15, -0.1) is 0 Å². The van der Waals surface area contributed by atoms with Crippen LogP contribution in [0.3, 0.4) is 0 Å². The van der Waals surface area contributed by atoms with Crippen LogP contribution in [0.4, 0.5) is 10.2 Å². The molecule has 1 aromatic carbocycles. The van der Waals surface area contributed by atoms with E-state index in [2.05, 4.69) is 9.97 Å². The zero-order chi connectivity index (χ0) is 10.4. The van der Waals surface area contributed by atoms with Crippen LogP contribution in [-0.4, -0.2) is 9.97 Å². The average molecular weight is 203 g/mol. The van der Waals surface area contributed by atoms with E-state index >= 15 is 0 Å². The van der Waals surface area contributed by atoms with E-state index in [4.69, 9.17) is 5.73 Å². The van der Waals surface area contributed by atoms with Crippen LogP contribution < -0.4 is 5.73 Å². The van der Waals surface area contributed by atoms with E-state index in [1.807, 2.05) is 0 Å². The van der Waals surface area contributed by atoms with E-state index in [0.29, 0.717) is 16.8 Å². The molecule has 1 aromatic heterocycles. The summed E-state index contributed by atoms with van der Waals surface area (Å²) in [6.45, 7) is 0. The van der Waals surface area contributed by atoms with E-state index in [1.54, 1.807) is 12.1 Å². The summed E-state index contributed by atoms with van der Waals surface area (Å²) in [5.74, 6) is 1.08. The number of nitrogen functional groups attached to an aromatic ring is 1. The van der Waals surface area contributed by atoms with Gasteiger partial charge in [0.2, 0.25) is 0 Å². The predicted molar refractivity (Wildman–Crippen MR) is 55.9 cm³/mol. The standard InChI is InChI=1S/C11H10FN3/c12-7-2-1-3-8-9(7)10(13)15-11(14-8)6-4-5-6/h1-3,6H,4-5H2,(H2,13,14,15). The first-order chi connectivity index (χ1) is 7.25. The minimum absolute atomic E-state index is 0.250. The molecule has 76 valence electrons. The Bertz CT molecular complexity index is 535. The van der Waals surface area contributed by atoms with Gasteiger partial charge < -0.3 is 5.73 Å². The number of nitrogens with two attached hydrogens (primary N) is 1. The van der Waals surface area contributed by atoms with Crippen molar-refractivity contribution < 1.29 is 4.39 Å². The topological polar surface area (TPSA) is 51.8 Å². The lowest BCUT2D eigenvalue weighted by atomic mass is 10.2. The summed E-state index contributed by atoms with van der Waals surface area (Å²) in [5, 5.41) is 0.335. The third-order valence-corrected chi connectivity index (χ3v) is 2.66. The number of hydrogen-bond donors (Lipinski definition) is 1. The van der Waals surface area contributed by atoms with Crippen molar-refractivity contribution in [3.05, 3.63) is 29.8 Å². The van der Waals surface area contributed by atoms with E-state index in [9.17, 15) is 4.39 Å². The Morgan fingerprint density at radius 2 is 2.07 bits per heavy atom. The van der Waals surface area contributed by atoms with Crippen LogP contribution in [0.2, 0.25) is 0 Å². The number of fused-ring (bicyclic) bond motifs is 1. The molecule has 1 heterocycles. The van der Waals surface area contributed by atoms with Gasteiger partial charge in [-0.1, -0.05) is 6.07 Å². The van der Waals surface area contributed by atoms with Crippen molar-refractivity contribution in [3.8, 4) is 0 Å². The monoisotopic (exact) mass is 203 g/mol. The van der Waals surface area contributed by atoms with Crippen molar-refractivity contribution in [1.29, 1.82) is 0 Å². The second-order valence-corrected chi connectivity index (χ2v) is 3.88. The summed E-state index contributed by atoms with van der Waals surface area (Å²) in [6.07, 6.45) is 2.22. The van der Waals surface area contributed by atoms with Crippen molar-refractivity contribution in [2.24, 2.45) is 0 Å². The van der Waals surface area contributed by atoms with Crippen LogP contribution in [0.5, 0.6) is 0 Å². The normalized spacial score (nSPS) is 15.8. The molecule has 0 spiro atoms. The van der Waals surface area contributed by atoms with Crippen molar-refractivity contribution in [1.82, 2.24) is 9.97 Å². The van der Waals surface area contributed by atoms with Crippen LogP contribution in [-0.2, 0) is 0 Å². The molecular formula is C11H10FN3. The molecule has 0 amide bonds. The molecule has 2 N–H and O–H groups in total. The van der Waals surface area contributed by atoms with Crippen LogP contribution in [0.1, 0.15) is 24.6 Å². The van der Waals surface area contributed by atoms with Crippen molar-refractivity contribution in [3.63, 3.8) is 0 Å². The molecule has 1 fully saturated rings. The molecule has 0 unspecified atom stereocenters. The maximum Gasteiger partial charge on any atom is 0.138 e. The van der Waals surface area contributed by atoms with E-state index in [1.165, 1.54) is 6.07 Å². The smallest absolute Gasteiger partial charge is 0.138 e. The fraction of sp³-hybridized carbons (Fsp3) is 0.273. The quantitative estimate of drug-likeness (QED) is 0.773. The zero-order valence-electron chi connectivity index (χ0n) is 8.07. The molecule has 15 heavy (non-hydrogen) atoms. The van der Waals surface area contributed by atoms with Crippen molar-refractivity contribution >= 4 is 16.7 Å². The minimum Gasteiger partial charge on any atom is -0.383 e. The fourth-order valence-corrected chi connectivity index (χ4v) is 1.71. The fourth-order valence-electron chi connectivity index (χ4n) is 1.71. The lowest BCUT2D eigenvalue weighted by Crippen LogP contribution is -2.01. The molecule has 3 nitrogen and oxygen atoms in total. The Morgan fingerprint density at radius 3 is 2.80 bits per heavy atom. The van der Waals surface area contributed by atoms with Gasteiger partial charge in [-0.05, 0) is 25.0 Å². The molecule has 0 bridgehead atoms. The Labute approximate surface area is 86.1 Å². The number of benzene rings is 1. The number of rotatable bonds is 1. The molecule has 0 saturated heterocycles. The van der Waals surface area contributed by atoms with Gasteiger partial charge >= 0.3 is 0 Å². The van der Waals surface area contributed by atoms with Crippen LogP contribution >= 0.6 is 0 Å². The van der Waals surface area contributed by atoms with Crippen LogP contribution in [0.15, 0.2) is 18.2 Å². The highest BCUT2D eigenvalue weighted by molar-refractivity contribution is 5.88. The highest BCUT2D eigenvalue weighted by Crippen LogP contribution is 2.39. The number of hydrogen-bond acceptors (Lipinski definition) is 3. The van der Waals surface area contributed by atoms with Gasteiger partial charge in [0.05, 0.1) is 10.9 Å². The summed E-state index contributed by atoms with van der Waals surface area (Å²) in [5.41, 5.74) is 6.33. The zero-order valence-corrected chi connectivity index (χ0v) is 8.07. The summed E-state index contributed by atoms with van der Waals surface area (Å²) >= 11 is 0. The Hall–Kier alpha value is -1.71. The first-order valence-electron chi connectivity index (χ1n) is 4.97. The summed E-state index contributed by atoms with van der Waals surface area (Å²) in [6, 6.07) is 4.78. The third kappa shape index (κ3) is 1.33. The lowest BCUT2D eigenvalue weighted by Gasteiger charge is -2.04. The highest BCUT2D eigenvalue weighted by Gasteiger charge is 2.27. The summed E-state index contributed by atoms with van der Waals surface area (Å²) < 4.78 is 13.4. The first-order valence-corrected chi connectivity index (χ1v) is 4.97. The minimum atomic E-state index is -0.354. The second-order valence-electron chi connectivity index (χ2n) is 3.88. The SMILES string of the molecule is Nc1nc(C2CC2)nc2cccc(F)c12. The Balaban J connectivity index is 2.31. The molecule has 1 aliphatic rings. The van der Waals surface area contributed by atoms with Gasteiger partial charge in [-0.25, -0.2) is 14.4 Å². The van der Waals surface area contributed by atoms with Gasteiger partial charge in [-0.3, -0.25) is 0 Å². The van der Waals surface area contributed by atoms with Gasteiger partial charge in [0.25, 0.3) is 0 Å². The van der Waals surface area contributed by atoms with E-state index < -0.39 is 0 Å². The molecule has 4 heteroatoms. The molecule has 2 aromatic rings. The molecular weight excluding hydrogens is 193 g/mol. The lowest BCUT2D eigenvalue weighted by molar-refractivity contribution is 0.639. The van der Waals surface area contributed by atoms with Crippen molar-refractivity contribution in [2.75, 3.05) is 5.73 Å². The molecule has 0 radical (unpaired) electrons. The maximum atomic E-state index is 13.4. The molecule has 1 saturated carbocycles. The van der Waals surface area contributed by atoms with Gasteiger partial charge in [0.1, 0.15) is 17.5 Å².